The first-order chi connectivity index (χ1) is 8.66. The predicted octanol–water partition coefficient (Wildman–Crippen LogP) is 3.60. The summed E-state index contributed by atoms with van der Waals surface area (Å²) in [6, 6.07) is 5.20. The van der Waals surface area contributed by atoms with Gasteiger partial charge in [0.05, 0.1) is 0 Å². The van der Waals surface area contributed by atoms with E-state index in [0.29, 0.717) is 6.04 Å². The lowest BCUT2D eigenvalue weighted by atomic mass is 9.82. The Morgan fingerprint density at radius 1 is 1.16 bits per heavy atom. The molecule has 108 valence electrons. The molecule has 0 saturated heterocycles. The van der Waals surface area contributed by atoms with Crippen molar-refractivity contribution in [3.05, 3.63) is 34.4 Å². The molecule has 0 fully saturated rings. The van der Waals surface area contributed by atoms with Crippen LogP contribution in [-0.2, 0) is 5.41 Å². The van der Waals surface area contributed by atoms with Gasteiger partial charge in [0.2, 0.25) is 0 Å². The molecule has 0 heterocycles. The molecule has 19 heavy (non-hydrogen) atoms. The van der Waals surface area contributed by atoms with Crippen molar-refractivity contribution in [2.75, 3.05) is 7.05 Å². The number of rotatable bonds is 4. The van der Waals surface area contributed by atoms with Crippen LogP contribution in [0.2, 0.25) is 0 Å². The molecule has 2 unspecified atom stereocenters. The van der Waals surface area contributed by atoms with Crippen LogP contribution in [-0.4, -0.2) is 13.1 Å². The van der Waals surface area contributed by atoms with Gasteiger partial charge in [-0.1, -0.05) is 32.9 Å². The summed E-state index contributed by atoms with van der Waals surface area (Å²) in [5.41, 5.74) is 11.7. The highest BCUT2D eigenvalue weighted by Gasteiger charge is 2.20. The van der Waals surface area contributed by atoms with Gasteiger partial charge >= 0.3 is 0 Å². The van der Waals surface area contributed by atoms with Crippen molar-refractivity contribution in [3.8, 4) is 0 Å². The number of hydrogen-bond acceptors (Lipinski definition) is 2. The molecule has 2 atom stereocenters. The van der Waals surface area contributed by atoms with E-state index in [2.05, 4.69) is 59.0 Å². The van der Waals surface area contributed by atoms with Crippen molar-refractivity contribution >= 4 is 0 Å². The normalized spacial score (nSPS) is 15.4. The molecule has 0 amide bonds. The summed E-state index contributed by atoms with van der Waals surface area (Å²) >= 11 is 0. The fourth-order valence-corrected chi connectivity index (χ4v) is 2.71. The Kier molecular flexibility index (Phi) is 5.17. The van der Waals surface area contributed by atoms with Crippen molar-refractivity contribution < 1.29 is 0 Å². The van der Waals surface area contributed by atoms with Gasteiger partial charge in [0, 0.05) is 12.1 Å². The summed E-state index contributed by atoms with van der Waals surface area (Å²) in [7, 11) is 2.02. The van der Waals surface area contributed by atoms with Crippen LogP contribution in [0.1, 0.15) is 62.4 Å². The van der Waals surface area contributed by atoms with Crippen molar-refractivity contribution in [2.45, 2.75) is 65.5 Å². The largest absolute Gasteiger partial charge is 0.328 e. The van der Waals surface area contributed by atoms with Gasteiger partial charge in [-0.15, -0.1) is 0 Å². The molecule has 3 N–H and O–H groups in total. The van der Waals surface area contributed by atoms with Crippen LogP contribution in [0, 0.1) is 13.8 Å². The lowest BCUT2D eigenvalue weighted by molar-refractivity contribution is 0.494. The van der Waals surface area contributed by atoms with E-state index in [-0.39, 0.29) is 11.5 Å². The smallest absolute Gasteiger partial charge is 0.0337 e. The molecule has 0 saturated carbocycles. The minimum absolute atomic E-state index is 0.199. The standard InChI is InChI=1S/C17H30N2/c1-11-8-14(17(4,5)6)9-12(2)16(11)15(19-7)10-13(3)18/h8-9,13,15,19H,10,18H2,1-7H3. The van der Waals surface area contributed by atoms with E-state index in [0.717, 1.165) is 6.42 Å². The first-order valence-electron chi connectivity index (χ1n) is 7.21. The molecule has 0 bridgehead atoms. The van der Waals surface area contributed by atoms with Crippen molar-refractivity contribution in [1.82, 2.24) is 5.32 Å². The van der Waals surface area contributed by atoms with Crippen LogP contribution in [0.3, 0.4) is 0 Å². The quantitative estimate of drug-likeness (QED) is 0.870. The van der Waals surface area contributed by atoms with Gasteiger partial charge in [-0.3, -0.25) is 0 Å². The van der Waals surface area contributed by atoms with Gasteiger partial charge < -0.3 is 11.1 Å². The first kappa shape index (κ1) is 16.2. The third-order valence-corrected chi connectivity index (χ3v) is 3.76. The van der Waals surface area contributed by atoms with E-state index in [1.54, 1.807) is 0 Å². The molecule has 2 nitrogen and oxygen atoms in total. The van der Waals surface area contributed by atoms with Crippen LogP contribution < -0.4 is 11.1 Å². The zero-order chi connectivity index (χ0) is 14.8. The Morgan fingerprint density at radius 3 is 1.95 bits per heavy atom. The molecule has 0 aliphatic carbocycles. The number of benzene rings is 1. The van der Waals surface area contributed by atoms with Crippen LogP contribution in [0.15, 0.2) is 12.1 Å². The van der Waals surface area contributed by atoms with Gasteiger partial charge in [0.1, 0.15) is 0 Å². The monoisotopic (exact) mass is 262 g/mol. The van der Waals surface area contributed by atoms with E-state index in [4.69, 9.17) is 5.73 Å². The van der Waals surface area contributed by atoms with Crippen molar-refractivity contribution in [3.63, 3.8) is 0 Å². The maximum atomic E-state index is 5.97. The first-order valence-corrected chi connectivity index (χ1v) is 7.21. The van der Waals surface area contributed by atoms with Crippen LogP contribution in [0.4, 0.5) is 0 Å². The van der Waals surface area contributed by atoms with Crippen molar-refractivity contribution in [1.29, 1.82) is 0 Å². The molecule has 0 aliphatic heterocycles. The van der Waals surface area contributed by atoms with Gasteiger partial charge in [0.25, 0.3) is 0 Å². The van der Waals surface area contributed by atoms with E-state index in [1.807, 2.05) is 7.05 Å². The molecular weight excluding hydrogens is 232 g/mol. The van der Waals surface area contributed by atoms with Crippen molar-refractivity contribution in [2.24, 2.45) is 5.73 Å². The van der Waals surface area contributed by atoms with Gasteiger partial charge in [-0.2, -0.15) is 0 Å². The number of nitrogens with one attached hydrogen (secondary N) is 1. The van der Waals surface area contributed by atoms with Crippen LogP contribution >= 0.6 is 0 Å². The maximum Gasteiger partial charge on any atom is 0.0337 e. The summed E-state index contributed by atoms with van der Waals surface area (Å²) in [6.45, 7) is 13.3. The highest BCUT2D eigenvalue weighted by molar-refractivity contribution is 5.42. The Labute approximate surface area is 118 Å². The number of hydrogen-bond donors (Lipinski definition) is 2. The Balaban J connectivity index is 3.22. The highest BCUT2D eigenvalue weighted by Crippen LogP contribution is 2.31. The molecule has 0 aromatic heterocycles. The number of nitrogens with two attached hydrogens (primary N) is 1. The zero-order valence-corrected chi connectivity index (χ0v) is 13.6. The van der Waals surface area contributed by atoms with Gasteiger partial charge in [0.15, 0.2) is 0 Å². The van der Waals surface area contributed by atoms with E-state index in [9.17, 15) is 0 Å². The lowest BCUT2D eigenvalue weighted by Crippen LogP contribution is -2.27. The molecular formula is C17H30N2. The molecule has 0 spiro atoms. The fourth-order valence-electron chi connectivity index (χ4n) is 2.71. The van der Waals surface area contributed by atoms with Gasteiger partial charge in [-0.05, 0) is 61.9 Å². The lowest BCUT2D eigenvalue weighted by Gasteiger charge is -2.26. The van der Waals surface area contributed by atoms with Crippen LogP contribution in [0.25, 0.3) is 0 Å². The van der Waals surface area contributed by atoms with E-state index in [1.165, 1.54) is 22.3 Å². The number of aryl methyl sites for hydroxylation is 2. The van der Waals surface area contributed by atoms with E-state index >= 15 is 0 Å². The molecule has 1 aromatic rings. The molecule has 0 aliphatic rings. The Hall–Kier alpha value is -0.860. The highest BCUT2D eigenvalue weighted by atomic mass is 14.9. The maximum absolute atomic E-state index is 5.97. The molecule has 2 heteroatoms. The third-order valence-electron chi connectivity index (χ3n) is 3.76. The fraction of sp³-hybridized carbons (Fsp3) is 0.647. The second-order valence-corrected chi connectivity index (χ2v) is 6.83. The summed E-state index contributed by atoms with van der Waals surface area (Å²) in [4.78, 5) is 0. The molecule has 1 rings (SSSR count). The summed E-state index contributed by atoms with van der Waals surface area (Å²) < 4.78 is 0. The second-order valence-electron chi connectivity index (χ2n) is 6.83. The Bertz CT molecular complexity index is 404. The minimum Gasteiger partial charge on any atom is -0.328 e. The second kappa shape index (κ2) is 6.06. The summed E-state index contributed by atoms with van der Waals surface area (Å²) in [5, 5.41) is 3.41. The zero-order valence-electron chi connectivity index (χ0n) is 13.6. The molecule has 0 radical (unpaired) electrons. The molecule has 1 aromatic carbocycles. The summed E-state index contributed by atoms with van der Waals surface area (Å²) in [5.74, 6) is 0. The average Bonchev–Trinajstić information content (AvgIpc) is 2.24. The third kappa shape index (κ3) is 4.05. The minimum atomic E-state index is 0.199. The van der Waals surface area contributed by atoms with Crippen LogP contribution in [0.5, 0.6) is 0 Å². The topological polar surface area (TPSA) is 38.0 Å². The predicted molar refractivity (Wildman–Crippen MR) is 84.7 cm³/mol. The van der Waals surface area contributed by atoms with Gasteiger partial charge in [-0.25, -0.2) is 0 Å². The Morgan fingerprint density at radius 2 is 1.63 bits per heavy atom. The van der Waals surface area contributed by atoms with E-state index < -0.39 is 0 Å². The average molecular weight is 262 g/mol. The summed E-state index contributed by atoms with van der Waals surface area (Å²) in [6.07, 6.45) is 0.965. The SMILES string of the molecule is CNC(CC(C)N)c1c(C)cc(C(C)(C)C)cc1C.